The van der Waals surface area contributed by atoms with Gasteiger partial charge in [-0.1, -0.05) is 23.2 Å². The van der Waals surface area contributed by atoms with Gasteiger partial charge in [-0.2, -0.15) is 0 Å². The van der Waals surface area contributed by atoms with Gasteiger partial charge in [-0.05, 0) is 18.2 Å². The van der Waals surface area contributed by atoms with Gasteiger partial charge in [0, 0.05) is 67.1 Å². The SMILES string of the molecule is O=C([O-])CSc1cc(Cl)ccc1Cl.[K]. The van der Waals surface area contributed by atoms with Crippen molar-refractivity contribution in [3.8, 4) is 0 Å². The summed E-state index contributed by atoms with van der Waals surface area (Å²) in [5.41, 5.74) is 0. The fourth-order valence-corrected chi connectivity index (χ4v) is 1.93. The van der Waals surface area contributed by atoms with Crippen LogP contribution in [0.2, 0.25) is 10.0 Å². The van der Waals surface area contributed by atoms with Gasteiger partial charge in [-0.25, -0.2) is 0 Å². The molecule has 1 aromatic carbocycles. The Bertz CT molecular complexity index is 333. The van der Waals surface area contributed by atoms with Crippen molar-refractivity contribution in [3.05, 3.63) is 28.2 Å². The molecule has 71 valence electrons. The van der Waals surface area contributed by atoms with Crippen molar-refractivity contribution in [1.82, 2.24) is 0 Å². The van der Waals surface area contributed by atoms with Crippen LogP contribution < -0.4 is 5.11 Å². The molecular formula is C8H5Cl2KO2S-. The van der Waals surface area contributed by atoms with Crippen LogP contribution in [0.15, 0.2) is 23.1 Å². The molecule has 0 aliphatic rings. The quantitative estimate of drug-likeness (QED) is 0.619. The van der Waals surface area contributed by atoms with Gasteiger partial charge in [0.2, 0.25) is 0 Å². The number of carboxylic acid groups (broad SMARTS) is 1. The van der Waals surface area contributed by atoms with E-state index in [0.29, 0.717) is 14.9 Å². The Hall–Kier alpha value is 1.26. The van der Waals surface area contributed by atoms with E-state index in [1.54, 1.807) is 18.2 Å². The topological polar surface area (TPSA) is 40.1 Å². The van der Waals surface area contributed by atoms with E-state index in [-0.39, 0.29) is 57.1 Å². The Balaban J connectivity index is 0.00000169. The average molecular weight is 275 g/mol. The molecule has 1 aromatic rings. The van der Waals surface area contributed by atoms with Crippen LogP contribution in [0.25, 0.3) is 0 Å². The summed E-state index contributed by atoms with van der Waals surface area (Å²) < 4.78 is 0. The Morgan fingerprint density at radius 1 is 1.43 bits per heavy atom. The summed E-state index contributed by atoms with van der Waals surface area (Å²) in [4.78, 5) is 10.8. The van der Waals surface area contributed by atoms with Crippen LogP contribution >= 0.6 is 35.0 Å². The molecule has 0 fully saturated rings. The monoisotopic (exact) mass is 274 g/mol. The molecule has 0 saturated carbocycles. The first-order valence-electron chi connectivity index (χ1n) is 3.37. The summed E-state index contributed by atoms with van der Waals surface area (Å²) in [6.45, 7) is 0. The predicted molar refractivity (Wildman–Crippen MR) is 57.9 cm³/mol. The zero-order chi connectivity index (χ0) is 9.84. The summed E-state index contributed by atoms with van der Waals surface area (Å²) in [5.74, 6) is -1.25. The summed E-state index contributed by atoms with van der Waals surface area (Å²) >= 11 is 12.6. The molecule has 6 heteroatoms. The van der Waals surface area contributed by atoms with E-state index in [0.717, 1.165) is 11.8 Å². The van der Waals surface area contributed by atoms with Gasteiger partial charge in [0.05, 0.1) is 11.0 Å². The summed E-state index contributed by atoms with van der Waals surface area (Å²) in [7, 11) is 0. The third kappa shape index (κ3) is 5.37. The van der Waals surface area contributed by atoms with Crippen molar-refractivity contribution in [2.45, 2.75) is 4.90 Å². The molecule has 0 saturated heterocycles. The maximum absolute atomic E-state index is 10.2. The maximum Gasteiger partial charge on any atom is 0.0543 e. The van der Waals surface area contributed by atoms with E-state index in [1.165, 1.54) is 0 Å². The molecule has 0 unspecified atom stereocenters. The minimum atomic E-state index is -1.12. The number of carbonyl (C=O) groups excluding carboxylic acids is 1. The number of rotatable bonds is 3. The van der Waals surface area contributed by atoms with Crippen molar-refractivity contribution in [1.29, 1.82) is 0 Å². The molecular weight excluding hydrogens is 270 g/mol. The number of hydrogen-bond acceptors (Lipinski definition) is 3. The van der Waals surface area contributed by atoms with Gasteiger partial charge in [-0.15, -0.1) is 11.8 Å². The van der Waals surface area contributed by atoms with Crippen LogP contribution in [-0.4, -0.2) is 63.1 Å². The van der Waals surface area contributed by atoms with E-state index in [2.05, 4.69) is 0 Å². The number of carboxylic acids is 1. The molecule has 1 radical (unpaired) electrons. The molecule has 2 nitrogen and oxygen atoms in total. The number of carbonyl (C=O) groups is 1. The number of benzene rings is 1. The normalized spacial score (nSPS) is 9.29. The molecule has 0 aromatic heterocycles. The standard InChI is InChI=1S/C8H6Cl2O2S.K/c9-5-1-2-6(10)7(3-5)13-4-8(11)12;/h1-3H,4H2,(H,11,12);/p-1. The van der Waals surface area contributed by atoms with Crippen molar-refractivity contribution in [2.24, 2.45) is 0 Å². The van der Waals surface area contributed by atoms with Crippen LogP contribution in [-0.2, 0) is 4.79 Å². The number of halogens is 2. The van der Waals surface area contributed by atoms with Gasteiger partial charge in [0.1, 0.15) is 0 Å². The number of thioether (sulfide) groups is 1. The minimum absolute atomic E-state index is 0. The van der Waals surface area contributed by atoms with Crippen LogP contribution in [0, 0.1) is 0 Å². The fraction of sp³-hybridized carbons (Fsp3) is 0.125. The number of hydrogen-bond donors (Lipinski definition) is 0. The second-order valence-electron chi connectivity index (χ2n) is 2.24. The molecule has 0 amide bonds. The second-order valence-corrected chi connectivity index (χ2v) is 4.10. The molecule has 0 N–H and O–H groups in total. The van der Waals surface area contributed by atoms with E-state index >= 15 is 0 Å². The van der Waals surface area contributed by atoms with Gasteiger partial charge in [0.15, 0.2) is 0 Å². The zero-order valence-corrected chi connectivity index (χ0v) is 12.9. The van der Waals surface area contributed by atoms with Crippen molar-refractivity contribution >= 4 is 92.3 Å². The average Bonchev–Trinajstić information content (AvgIpc) is 2.06. The molecule has 0 aliphatic carbocycles. The van der Waals surface area contributed by atoms with Gasteiger partial charge < -0.3 is 9.90 Å². The molecule has 0 bridgehead atoms. The van der Waals surface area contributed by atoms with Crippen molar-refractivity contribution < 1.29 is 9.90 Å². The van der Waals surface area contributed by atoms with Crippen LogP contribution in [0.4, 0.5) is 0 Å². The first-order chi connectivity index (χ1) is 6.09. The molecule has 14 heavy (non-hydrogen) atoms. The molecule has 0 spiro atoms. The summed E-state index contributed by atoms with van der Waals surface area (Å²) in [5, 5.41) is 11.2. The predicted octanol–water partition coefficient (Wildman–Crippen LogP) is 1.45. The molecule has 0 atom stereocenters. The third-order valence-corrected chi connectivity index (χ3v) is 2.94. The van der Waals surface area contributed by atoms with Gasteiger partial charge in [0.25, 0.3) is 0 Å². The Morgan fingerprint density at radius 3 is 2.64 bits per heavy atom. The molecule has 0 heterocycles. The molecule has 1 rings (SSSR count). The smallest absolute Gasteiger partial charge is 0.0543 e. The van der Waals surface area contributed by atoms with Gasteiger partial charge >= 0.3 is 0 Å². The van der Waals surface area contributed by atoms with Crippen molar-refractivity contribution in [3.63, 3.8) is 0 Å². The minimum Gasteiger partial charge on any atom is -0.549 e. The Morgan fingerprint density at radius 2 is 2.07 bits per heavy atom. The van der Waals surface area contributed by atoms with Gasteiger partial charge in [-0.3, -0.25) is 0 Å². The molecule has 0 aliphatic heterocycles. The Labute approximate surface area is 139 Å². The first-order valence-corrected chi connectivity index (χ1v) is 5.11. The van der Waals surface area contributed by atoms with E-state index in [1.807, 2.05) is 0 Å². The summed E-state index contributed by atoms with van der Waals surface area (Å²) in [6, 6.07) is 4.89. The van der Waals surface area contributed by atoms with Crippen LogP contribution in [0.3, 0.4) is 0 Å². The largest absolute Gasteiger partial charge is 0.549 e. The first kappa shape index (κ1) is 15.3. The fourth-order valence-electron chi connectivity index (χ4n) is 0.724. The van der Waals surface area contributed by atoms with E-state index in [4.69, 9.17) is 23.2 Å². The third-order valence-electron chi connectivity index (χ3n) is 1.24. The maximum atomic E-state index is 10.2. The summed E-state index contributed by atoms with van der Waals surface area (Å²) in [6.07, 6.45) is 0. The van der Waals surface area contributed by atoms with Crippen molar-refractivity contribution in [2.75, 3.05) is 5.75 Å². The second kappa shape index (κ2) is 7.52. The zero-order valence-electron chi connectivity index (χ0n) is 7.42. The van der Waals surface area contributed by atoms with Crippen LogP contribution in [0.1, 0.15) is 0 Å². The van der Waals surface area contributed by atoms with E-state index in [9.17, 15) is 9.90 Å². The van der Waals surface area contributed by atoms with E-state index < -0.39 is 5.97 Å². The van der Waals surface area contributed by atoms with Crippen LogP contribution in [0.5, 0.6) is 0 Å². The Kier molecular flexibility index (Phi) is 8.19. The number of aliphatic carboxylic acids is 1.